The van der Waals surface area contributed by atoms with Gasteiger partial charge in [-0.25, -0.2) is 4.98 Å². The fourth-order valence-electron chi connectivity index (χ4n) is 1.29. The minimum absolute atomic E-state index is 0.904. The molecule has 70 valence electrons. The van der Waals surface area contributed by atoms with Crippen molar-refractivity contribution in [1.29, 1.82) is 0 Å². The van der Waals surface area contributed by atoms with Gasteiger partial charge in [-0.3, -0.25) is 0 Å². The Morgan fingerprint density at radius 2 is 2.07 bits per heavy atom. The number of H-pyrrole nitrogens is 1. The van der Waals surface area contributed by atoms with E-state index in [1.54, 1.807) is 6.20 Å². The van der Waals surface area contributed by atoms with Gasteiger partial charge in [0.2, 0.25) is 0 Å². The van der Waals surface area contributed by atoms with Gasteiger partial charge in [-0.2, -0.15) is 0 Å². The van der Waals surface area contributed by atoms with Crippen LogP contribution in [0.5, 0.6) is 0 Å². The highest BCUT2D eigenvalue weighted by Crippen LogP contribution is 2.01. The van der Waals surface area contributed by atoms with Crippen molar-refractivity contribution in [2.75, 3.05) is 0 Å². The number of aromatic nitrogens is 2. The van der Waals surface area contributed by atoms with E-state index in [1.807, 2.05) is 18.3 Å². The minimum atomic E-state index is 0.904. The molecule has 0 aliphatic carbocycles. The van der Waals surface area contributed by atoms with Gasteiger partial charge in [0.15, 0.2) is 0 Å². The maximum absolute atomic E-state index is 4.11. The van der Waals surface area contributed by atoms with E-state index in [-0.39, 0.29) is 0 Å². The number of benzene rings is 1. The van der Waals surface area contributed by atoms with Crippen molar-refractivity contribution in [3.8, 4) is 0 Å². The van der Waals surface area contributed by atoms with Crippen LogP contribution in [0.2, 0.25) is 0 Å². The third kappa shape index (κ3) is 2.33. The topological polar surface area (TPSA) is 28.7 Å². The molecular weight excluding hydrogens is 172 g/mol. The first-order valence-electron chi connectivity index (χ1n) is 4.65. The van der Waals surface area contributed by atoms with Crippen LogP contribution in [0, 0.1) is 0 Å². The Balaban J connectivity index is 1.95. The summed E-state index contributed by atoms with van der Waals surface area (Å²) in [5.74, 6) is 0.904. The van der Waals surface area contributed by atoms with Gasteiger partial charge in [0.1, 0.15) is 5.82 Å². The Kier molecular flexibility index (Phi) is 2.76. The molecule has 2 heteroatoms. The molecule has 1 N–H and O–H groups in total. The van der Waals surface area contributed by atoms with Gasteiger partial charge in [-0.05, 0) is 18.1 Å². The van der Waals surface area contributed by atoms with Crippen LogP contribution in [0.15, 0.2) is 48.8 Å². The molecule has 1 heterocycles. The highest BCUT2D eigenvalue weighted by molar-refractivity contribution is 5.40. The molecule has 0 fully saturated rings. The quantitative estimate of drug-likeness (QED) is 0.780. The number of aromatic amines is 1. The first-order valence-corrected chi connectivity index (χ1v) is 4.65. The summed E-state index contributed by atoms with van der Waals surface area (Å²) in [5.41, 5.74) is 1.32. The van der Waals surface area contributed by atoms with Crippen LogP contribution >= 0.6 is 0 Å². The van der Waals surface area contributed by atoms with E-state index < -0.39 is 0 Å². The number of hydrogen-bond acceptors (Lipinski definition) is 1. The maximum Gasteiger partial charge on any atom is 0.129 e. The van der Waals surface area contributed by atoms with Gasteiger partial charge in [-0.15, -0.1) is 0 Å². The van der Waals surface area contributed by atoms with Gasteiger partial charge in [-0.1, -0.05) is 36.4 Å². The zero-order valence-electron chi connectivity index (χ0n) is 7.85. The van der Waals surface area contributed by atoms with Gasteiger partial charge in [0.05, 0.1) is 0 Å². The predicted molar refractivity (Wildman–Crippen MR) is 57.8 cm³/mol. The molecule has 0 amide bonds. The van der Waals surface area contributed by atoms with Crippen LogP contribution in [0.1, 0.15) is 11.4 Å². The molecule has 0 radical (unpaired) electrons. The Labute approximate surface area is 83.3 Å². The van der Waals surface area contributed by atoms with Crippen LogP contribution in [0.4, 0.5) is 0 Å². The Morgan fingerprint density at radius 1 is 1.21 bits per heavy atom. The molecule has 0 saturated carbocycles. The van der Waals surface area contributed by atoms with Crippen LogP contribution in [-0.4, -0.2) is 9.97 Å². The second kappa shape index (κ2) is 4.42. The normalized spacial score (nSPS) is 10.9. The Bertz CT molecular complexity index is 388. The molecule has 14 heavy (non-hydrogen) atoms. The fourth-order valence-corrected chi connectivity index (χ4v) is 1.29. The van der Waals surface area contributed by atoms with Crippen molar-refractivity contribution in [1.82, 2.24) is 9.97 Å². The van der Waals surface area contributed by atoms with E-state index in [9.17, 15) is 0 Å². The standard InChI is InChI=1S/C12H12N2/c1-2-5-11(6-3-1)7-4-8-12-13-9-10-14-12/h1-6,8-10H,7H2,(H,13,14). The van der Waals surface area contributed by atoms with Crippen molar-refractivity contribution in [2.24, 2.45) is 0 Å². The number of allylic oxidation sites excluding steroid dienone is 1. The van der Waals surface area contributed by atoms with Crippen molar-refractivity contribution >= 4 is 6.08 Å². The van der Waals surface area contributed by atoms with E-state index in [2.05, 4.69) is 40.3 Å². The molecule has 0 atom stereocenters. The van der Waals surface area contributed by atoms with Crippen LogP contribution in [0.3, 0.4) is 0 Å². The van der Waals surface area contributed by atoms with E-state index in [1.165, 1.54) is 5.56 Å². The van der Waals surface area contributed by atoms with Crippen LogP contribution in [0.25, 0.3) is 6.08 Å². The van der Waals surface area contributed by atoms with E-state index >= 15 is 0 Å². The molecule has 0 aliphatic heterocycles. The average Bonchev–Trinajstić information content (AvgIpc) is 2.72. The Morgan fingerprint density at radius 3 is 2.79 bits per heavy atom. The number of nitrogens with zero attached hydrogens (tertiary/aromatic N) is 1. The molecule has 0 spiro atoms. The van der Waals surface area contributed by atoms with E-state index in [0.717, 1.165) is 12.2 Å². The largest absolute Gasteiger partial charge is 0.345 e. The zero-order valence-corrected chi connectivity index (χ0v) is 7.85. The smallest absolute Gasteiger partial charge is 0.129 e. The molecular formula is C12H12N2. The highest BCUT2D eigenvalue weighted by atomic mass is 14.9. The highest BCUT2D eigenvalue weighted by Gasteiger charge is 1.87. The third-order valence-electron chi connectivity index (χ3n) is 1.99. The second-order valence-corrected chi connectivity index (χ2v) is 3.07. The fraction of sp³-hybridized carbons (Fsp3) is 0.0833. The summed E-state index contributed by atoms with van der Waals surface area (Å²) in [6, 6.07) is 10.4. The summed E-state index contributed by atoms with van der Waals surface area (Å²) in [5, 5.41) is 0. The summed E-state index contributed by atoms with van der Waals surface area (Å²) in [6.45, 7) is 0. The molecule has 1 aromatic heterocycles. The molecule has 0 aliphatic rings. The average molecular weight is 184 g/mol. The van der Waals surface area contributed by atoms with Crippen LogP contribution < -0.4 is 0 Å². The molecule has 2 rings (SSSR count). The van der Waals surface area contributed by atoms with Crippen molar-refractivity contribution in [3.05, 3.63) is 60.2 Å². The predicted octanol–water partition coefficient (Wildman–Crippen LogP) is 2.67. The SMILES string of the molecule is C(=Cc1ncc[nH]1)Cc1ccccc1. The molecule has 2 nitrogen and oxygen atoms in total. The van der Waals surface area contributed by atoms with Gasteiger partial charge in [0, 0.05) is 12.4 Å². The lowest BCUT2D eigenvalue weighted by Crippen LogP contribution is -1.79. The second-order valence-electron chi connectivity index (χ2n) is 3.07. The summed E-state index contributed by atoms with van der Waals surface area (Å²) >= 11 is 0. The lowest BCUT2D eigenvalue weighted by Gasteiger charge is -1.93. The van der Waals surface area contributed by atoms with Gasteiger partial charge >= 0.3 is 0 Å². The lowest BCUT2D eigenvalue weighted by atomic mass is 10.1. The minimum Gasteiger partial charge on any atom is -0.345 e. The number of imidazole rings is 1. The molecule has 0 bridgehead atoms. The monoisotopic (exact) mass is 184 g/mol. The summed E-state index contributed by atoms with van der Waals surface area (Å²) < 4.78 is 0. The Hall–Kier alpha value is -1.83. The molecule has 2 aromatic rings. The van der Waals surface area contributed by atoms with Crippen molar-refractivity contribution in [3.63, 3.8) is 0 Å². The number of hydrogen-bond donors (Lipinski definition) is 1. The maximum atomic E-state index is 4.11. The van der Waals surface area contributed by atoms with Gasteiger partial charge in [0.25, 0.3) is 0 Å². The number of rotatable bonds is 3. The summed E-state index contributed by atoms with van der Waals surface area (Å²) in [7, 11) is 0. The molecule has 0 unspecified atom stereocenters. The van der Waals surface area contributed by atoms with E-state index in [0.29, 0.717) is 0 Å². The summed E-state index contributed by atoms with van der Waals surface area (Å²) in [4.78, 5) is 7.13. The zero-order chi connectivity index (χ0) is 9.64. The van der Waals surface area contributed by atoms with Gasteiger partial charge < -0.3 is 4.98 Å². The first-order chi connectivity index (χ1) is 6.95. The van der Waals surface area contributed by atoms with Crippen molar-refractivity contribution < 1.29 is 0 Å². The van der Waals surface area contributed by atoms with E-state index in [4.69, 9.17) is 0 Å². The molecule has 1 aromatic carbocycles. The van der Waals surface area contributed by atoms with Crippen LogP contribution in [-0.2, 0) is 6.42 Å². The summed E-state index contributed by atoms with van der Waals surface area (Å²) in [6.07, 6.45) is 8.62. The lowest BCUT2D eigenvalue weighted by molar-refractivity contribution is 1.24. The molecule has 0 saturated heterocycles. The third-order valence-corrected chi connectivity index (χ3v) is 1.99. The first kappa shape index (κ1) is 8.75. The number of nitrogens with one attached hydrogen (secondary N) is 1. The van der Waals surface area contributed by atoms with Crippen molar-refractivity contribution in [2.45, 2.75) is 6.42 Å².